The largest absolute Gasteiger partial charge is 0.490 e. The molecular weight excluding hydrogens is 290 g/mol. The molecule has 1 heterocycles. The van der Waals surface area contributed by atoms with Gasteiger partial charge in [0.2, 0.25) is 0 Å². The molecule has 1 saturated carbocycles. The number of fused-ring (bicyclic) bond motifs is 1. The van der Waals surface area contributed by atoms with Crippen molar-refractivity contribution in [2.24, 2.45) is 5.92 Å². The number of ether oxygens (including phenoxy) is 2. The molecule has 1 aliphatic heterocycles. The Labute approximate surface area is 125 Å². The molecule has 1 atom stereocenters. The van der Waals surface area contributed by atoms with E-state index in [9.17, 15) is 8.42 Å². The van der Waals surface area contributed by atoms with Crippen LogP contribution in [-0.4, -0.2) is 40.5 Å². The SMILES string of the molecule is CNC(CS(=O)(=O)c1ccc2c(c1)OCCCO2)C1CC1. The Bertz CT molecular complexity index is 610. The van der Waals surface area contributed by atoms with Crippen molar-refractivity contribution < 1.29 is 17.9 Å². The molecule has 1 aliphatic carbocycles. The minimum atomic E-state index is -3.32. The minimum absolute atomic E-state index is 0.0333. The Morgan fingerprint density at radius 1 is 1.24 bits per heavy atom. The molecule has 21 heavy (non-hydrogen) atoms. The van der Waals surface area contributed by atoms with Crippen molar-refractivity contribution in [3.05, 3.63) is 18.2 Å². The zero-order valence-electron chi connectivity index (χ0n) is 12.2. The third-order valence-electron chi connectivity index (χ3n) is 4.04. The molecule has 1 fully saturated rings. The Morgan fingerprint density at radius 2 is 1.95 bits per heavy atom. The van der Waals surface area contributed by atoms with E-state index in [4.69, 9.17) is 9.47 Å². The Hall–Kier alpha value is -1.27. The van der Waals surface area contributed by atoms with Crippen LogP contribution in [0.25, 0.3) is 0 Å². The minimum Gasteiger partial charge on any atom is -0.490 e. The molecule has 0 spiro atoms. The second kappa shape index (κ2) is 5.85. The molecule has 0 saturated heterocycles. The summed E-state index contributed by atoms with van der Waals surface area (Å²) in [5, 5.41) is 3.13. The first kappa shape index (κ1) is 14.7. The maximum absolute atomic E-state index is 12.6. The molecule has 5 nitrogen and oxygen atoms in total. The maximum atomic E-state index is 12.6. The first-order valence-electron chi connectivity index (χ1n) is 7.40. The average Bonchev–Trinajstić information content (AvgIpc) is 3.30. The summed E-state index contributed by atoms with van der Waals surface area (Å²) in [4.78, 5) is 0.313. The van der Waals surface area contributed by atoms with E-state index >= 15 is 0 Å². The van der Waals surface area contributed by atoms with Crippen molar-refractivity contribution in [1.29, 1.82) is 0 Å². The lowest BCUT2D eigenvalue weighted by atomic mass is 10.2. The summed E-state index contributed by atoms with van der Waals surface area (Å²) in [6.07, 6.45) is 3.03. The van der Waals surface area contributed by atoms with Crippen LogP contribution in [0.3, 0.4) is 0 Å². The third-order valence-corrected chi connectivity index (χ3v) is 5.81. The fraction of sp³-hybridized carbons (Fsp3) is 0.600. The van der Waals surface area contributed by atoms with Crippen molar-refractivity contribution in [2.75, 3.05) is 26.0 Å². The topological polar surface area (TPSA) is 64.6 Å². The van der Waals surface area contributed by atoms with Gasteiger partial charge in [-0.15, -0.1) is 0 Å². The van der Waals surface area contributed by atoms with Crippen LogP contribution in [0.15, 0.2) is 23.1 Å². The number of benzene rings is 1. The van der Waals surface area contributed by atoms with Gasteiger partial charge in [0.25, 0.3) is 0 Å². The second-order valence-electron chi connectivity index (χ2n) is 5.67. The summed E-state index contributed by atoms with van der Waals surface area (Å²) >= 11 is 0. The van der Waals surface area contributed by atoms with E-state index in [0.717, 1.165) is 19.3 Å². The highest BCUT2D eigenvalue weighted by Gasteiger charge is 2.34. The molecule has 1 aromatic carbocycles. The molecule has 116 valence electrons. The molecule has 1 N–H and O–H groups in total. The van der Waals surface area contributed by atoms with E-state index in [1.54, 1.807) is 18.2 Å². The number of hydrogen-bond donors (Lipinski definition) is 1. The van der Waals surface area contributed by atoms with Gasteiger partial charge in [-0.3, -0.25) is 0 Å². The highest BCUT2D eigenvalue weighted by atomic mass is 32.2. The van der Waals surface area contributed by atoms with Gasteiger partial charge in [-0.25, -0.2) is 8.42 Å². The fourth-order valence-electron chi connectivity index (χ4n) is 2.62. The van der Waals surface area contributed by atoms with Gasteiger partial charge in [0.05, 0.1) is 23.9 Å². The zero-order chi connectivity index (χ0) is 14.9. The number of sulfone groups is 1. The van der Waals surface area contributed by atoms with Crippen LogP contribution >= 0.6 is 0 Å². The van der Waals surface area contributed by atoms with Gasteiger partial charge in [-0.05, 0) is 37.9 Å². The van der Waals surface area contributed by atoms with Crippen LogP contribution in [0.1, 0.15) is 19.3 Å². The maximum Gasteiger partial charge on any atom is 0.180 e. The van der Waals surface area contributed by atoms with Crippen molar-refractivity contribution >= 4 is 9.84 Å². The summed E-state index contributed by atoms with van der Waals surface area (Å²) < 4.78 is 36.2. The quantitative estimate of drug-likeness (QED) is 0.895. The van der Waals surface area contributed by atoms with Crippen LogP contribution in [0, 0.1) is 5.92 Å². The van der Waals surface area contributed by atoms with Crippen LogP contribution in [0.5, 0.6) is 11.5 Å². The van der Waals surface area contributed by atoms with E-state index in [1.165, 1.54) is 0 Å². The number of hydrogen-bond acceptors (Lipinski definition) is 5. The highest BCUT2D eigenvalue weighted by Crippen LogP contribution is 2.35. The standard InChI is InChI=1S/C15H21NO4S/c1-16-13(11-3-4-11)10-21(17,18)12-5-6-14-15(9-12)20-8-2-7-19-14/h5-6,9,11,13,16H,2-4,7-8,10H2,1H3. The van der Waals surface area contributed by atoms with E-state index in [0.29, 0.717) is 35.5 Å². The molecule has 0 aromatic heterocycles. The molecule has 1 unspecified atom stereocenters. The van der Waals surface area contributed by atoms with Crippen molar-refractivity contribution in [1.82, 2.24) is 5.32 Å². The molecule has 0 amide bonds. The number of rotatable bonds is 5. The molecule has 2 aliphatic rings. The van der Waals surface area contributed by atoms with Gasteiger partial charge >= 0.3 is 0 Å². The summed E-state index contributed by atoms with van der Waals surface area (Å²) in [5.74, 6) is 1.78. The Kier molecular flexibility index (Phi) is 4.08. The Balaban J connectivity index is 1.83. The molecule has 0 bridgehead atoms. The second-order valence-corrected chi connectivity index (χ2v) is 7.71. The van der Waals surface area contributed by atoms with E-state index in [2.05, 4.69) is 5.32 Å². The van der Waals surface area contributed by atoms with Crippen LogP contribution in [-0.2, 0) is 9.84 Å². The van der Waals surface area contributed by atoms with E-state index < -0.39 is 9.84 Å². The molecule has 3 rings (SSSR count). The first-order valence-corrected chi connectivity index (χ1v) is 9.05. The lowest BCUT2D eigenvalue weighted by Gasteiger charge is -2.16. The normalized spacial score (nSPS) is 19.9. The molecule has 0 radical (unpaired) electrons. The van der Waals surface area contributed by atoms with Crippen LogP contribution in [0.2, 0.25) is 0 Å². The van der Waals surface area contributed by atoms with Gasteiger partial charge in [-0.2, -0.15) is 0 Å². The lowest BCUT2D eigenvalue weighted by Crippen LogP contribution is -2.34. The number of nitrogens with one attached hydrogen (secondary N) is 1. The van der Waals surface area contributed by atoms with Gasteiger partial charge in [-0.1, -0.05) is 0 Å². The van der Waals surface area contributed by atoms with Gasteiger partial charge in [0, 0.05) is 18.5 Å². The predicted molar refractivity (Wildman–Crippen MR) is 79.7 cm³/mol. The summed E-state index contributed by atoms with van der Waals surface area (Å²) in [6, 6.07) is 4.93. The lowest BCUT2D eigenvalue weighted by molar-refractivity contribution is 0.297. The van der Waals surface area contributed by atoms with E-state index in [1.807, 2.05) is 7.05 Å². The smallest absolute Gasteiger partial charge is 0.180 e. The Morgan fingerprint density at radius 3 is 2.62 bits per heavy atom. The van der Waals surface area contributed by atoms with Crippen LogP contribution in [0.4, 0.5) is 0 Å². The summed E-state index contributed by atoms with van der Waals surface area (Å²) in [6.45, 7) is 1.15. The highest BCUT2D eigenvalue weighted by molar-refractivity contribution is 7.91. The van der Waals surface area contributed by atoms with E-state index in [-0.39, 0.29) is 11.8 Å². The van der Waals surface area contributed by atoms with Gasteiger partial charge in [0.15, 0.2) is 21.3 Å². The summed E-state index contributed by atoms with van der Waals surface area (Å²) in [5.41, 5.74) is 0. The van der Waals surface area contributed by atoms with Crippen molar-refractivity contribution in [2.45, 2.75) is 30.2 Å². The zero-order valence-corrected chi connectivity index (χ0v) is 13.0. The third kappa shape index (κ3) is 3.32. The van der Waals surface area contributed by atoms with Crippen molar-refractivity contribution in [3.8, 4) is 11.5 Å². The molecular formula is C15H21NO4S. The first-order chi connectivity index (χ1) is 10.1. The summed E-state index contributed by atoms with van der Waals surface area (Å²) in [7, 11) is -1.49. The molecule has 6 heteroatoms. The van der Waals surface area contributed by atoms with Crippen molar-refractivity contribution in [3.63, 3.8) is 0 Å². The monoisotopic (exact) mass is 311 g/mol. The van der Waals surface area contributed by atoms with Gasteiger partial charge in [0.1, 0.15) is 0 Å². The van der Waals surface area contributed by atoms with Gasteiger partial charge < -0.3 is 14.8 Å². The van der Waals surface area contributed by atoms with Crippen LogP contribution < -0.4 is 14.8 Å². The predicted octanol–water partition coefficient (Wildman–Crippen LogP) is 1.62. The fourth-order valence-corrected chi connectivity index (χ4v) is 4.29. The average molecular weight is 311 g/mol. The molecule has 1 aromatic rings.